The molecule has 0 amide bonds. The number of aromatic carboxylic acids is 1. The third-order valence-corrected chi connectivity index (χ3v) is 5.70. The fourth-order valence-electron chi connectivity index (χ4n) is 3.49. The molecular weight excluding hydrogens is 374 g/mol. The number of methoxy groups -OCH3 is 1. The van der Waals surface area contributed by atoms with E-state index in [1.165, 1.54) is 33.4 Å². The van der Waals surface area contributed by atoms with Crippen molar-refractivity contribution >= 4 is 17.6 Å². The Morgan fingerprint density at radius 1 is 1.17 bits per heavy atom. The maximum Gasteiger partial charge on any atom is 0.337 e. The molecule has 1 aromatic heterocycles. The summed E-state index contributed by atoms with van der Waals surface area (Å²) >= 11 is 0. The zero-order valence-corrected chi connectivity index (χ0v) is 19.0. The van der Waals surface area contributed by atoms with E-state index in [4.69, 9.17) is 4.74 Å². The highest BCUT2D eigenvalue weighted by molar-refractivity contribution is 5.87. The van der Waals surface area contributed by atoms with Crippen molar-refractivity contribution in [3.63, 3.8) is 0 Å². The molecule has 0 fully saturated rings. The lowest BCUT2D eigenvalue weighted by atomic mass is 9.95. The normalized spacial score (nSPS) is 14.9. The van der Waals surface area contributed by atoms with Crippen LogP contribution in [0.5, 0.6) is 0 Å². The Balaban J connectivity index is 2.52. The molecule has 2 aromatic rings. The van der Waals surface area contributed by atoms with Gasteiger partial charge in [-0.3, -0.25) is 4.98 Å². The van der Waals surface area contributed by atoms with E-state index in [-0.39, 0.29) is 11.5 Å². The molecule has 1 atom stereocenters. The molecule has 1 heterocycles. The zero-order valence-electron chi connectivity index (χ0n) is 19.0. The molecule has 0 saturated carbocycles. The van der Waals surface area contributed by atoms with Crippen LogP contribution in [0.25, 0.3) is 11.6 Å². The van der Waals surface area contributed by atoms with E-state index in [0.717, 1.165) is 17.5 Å². The second-order valence-corrected chi connectivity index (χ2v) is 7.97. The number of allylic oxidation sites excluding steroid dienone is 1. The Kier molecular flexibility index (Phi) is 8.55. The Hall–Kier alpha value is -2.72. The van der Waals surface area contributed by atoms with E-state index in [0.29, 0.717) is 13.0 Å². The second kappa shape index (κ2) is 10.9. The minimum absolute atomic E-state index is 0.217. The number of nitrogens with zero attached hydrogens (tertiary/aromatic N) is 1. The molecule has 2 rings (SSSR count). The molecule has 0 bridgehead atoms. The molecule has 0 aliphatic heterocycles. The minimum atomic E-state index is -0.954. The summed E-state index contributed by atoms with van der Waals surface area (Å²) in [6.07, 6.45) is 7.07. The number of hydrogen-bond acceptors (Lipinski definition) is 3. The van der Waals surface area contributed by atoms with E-state index >= 15 is 0 Å². The number of carbonyl (C=O) groups is 1. The van der Waals surface area contributed by atoms with Gasteiger partial charge in [0.2, 0.25) is 0 Å². The number of pyridine rings is 1. The van der Waals surface area contributed by atoms with Gasteiger partial charge in [0.05, 0.1) is 12.2 Å². The van der Waals surface area contributed by atoms with Gasteiger partial charge in [0.1, 0.15) is 0 Å². The van der Waals surface area contributed by atoms with Gasteiger partial charge in [0.15, 0.2) is 0 Å². The summed E-state index contributed by atoms with van der Waals surface area (Å²) < 4.78 is 5.29. The lowest BCUT2D eigenvalue weighted by molar-refractivity contribution is 0.0696. The summed E-state index contributed by atoms with van der Waals surface area (Å²) in [5, 5.41) is 11.7. The van der Waals surface area contributed by atoms with Crippen LogP contribution in [0.15, 0.2) is 47.8 Å². The van der Waals surface area contributed by atoms with Gasteiger partial charge < -0.3 is 9.84 Å². The molecule has 1 aromatic carbocycles. The Morgan fingerprint density at radius 2 is 1.90 bits per heavy atom. The predicted octanol–water partition coefficient (Wildman–Crippen LogP) is 4.35. The monoisotopic (exact) mass is 407 g/mol. The van der Waals surface area contributed by atoms with Crippen molar-refractivity contribution in [3.8, 4) is 0 Å². The van der Waals surface area contributed by atoms with Crippen LogP contribution in [-0.4, -0.2) is 29.8 Å². The largest absolute Gasteiger partial charge is 0.478 e. The van der Waals surface area contributed by atoms with Crippen molar-refractivity contribution in [3.05, 3.63) is 74.9 Å². The summed E-state index contributed by atoms with van der Waals surface area (Å²) in [7, 11) is 1.72. The molecule has 0 spiro atoms. The lowest BCUT2D eigenvalue weighted by Crippen LogP contribution is -2.28. The van der Waals surface area contributed by atoms with Gasteiger partial charge in [-0.25, -0.2) is 4.79 Å². The first-order valence-electron chi connectivity index (χ1n) is 10.4. The summed E-state index contributed by atoms with van der Waals surface area (Å²) in [5.74, 6) is -0.666. The number of carboxylic acids is 1. The van der Waals surface area contributed by atoms with E-state index in [1.807, 2.05) is 0 Å². The first-order chi connectivity index (χ1) is 14.3. The van der Waals surface area contributed by atoms with Crippen molar-refractivity contribution < 1.29 is 14.6 Å². The molecule has 30 heavy (non-hydrogen) atoms. The lowest BCUT2D eigenvalue weighted by Gasteiger charge is -2.12. The van der Waals surface area contributed by atoms with Gasteiger partial charge in [-0.1, -0.05) is 49.3 Å². The second-order valence-electron chi connectivity index (χ2n) is 7.97. The van der Waals surface area contributed by atoms with Crippen molar-refractivity contribution in [1.29, 1.82) is 0 Å². The van der Waals surface area contributed by atoms with Gasteiger partial charge in [-0.2, -0.15) is 0 Å². The SMILES string of the molecule is CCC(C)=c1ccc(Cc2cncc(C(=O)O)c2)cc1=CC(C)C(C)=C(C)COC. The van der Waals surface area contributed by atoms with Crippen LogP contribution in [0.2, 0.25) is 0 Å². The average Bonchev–Trinajstić information content (AvgIpc) is 2.73. The van der Waals surface area contributed by atoms with Crippen LogP contribution in [-0.2, 0) is 11.2 Å². The molecule has 160 valence electrons. The van der Waals surface area contributed by atoms with Crippen molar-refractivity contribution in [2.24, 2.45) is 5.92 Å². The molecule has 4 nitrogen and oxygen atoms in total. The quantitative estimate of drug-likeness (QED) is 0.661. The summed E-state index contributed by atoms with van der Waals surface area (Å²) in [6.45, 7) is 11.5. The molecule has 0 saturated heterocycles. The smallest absolute Gasteiger partial charge is 0.337 e. The van der Waals surface area contributed by atoms with Crippen LogP contribution < -0.4 is 10.4 Å². The molecule has 4 heteroatoms. The molecule has 1 unspecified atom stereocenters. The van der Waals surface area contributed by atoms with Crippen LogP contribution in [0, 0.1) is 5.92 Å². The van der Waals surface area contributed by atoms with Gasteiger partial charge >= 0.3 is 5.97 Å². The van der Waals surface area contributed by atoms with Crippen LogP contribution in [0.4, 0.5) is 0 Å². The highest BCUT2D eigenvalue weighted by Crippen LogP contribution is 2.16. The van der Waals surface area contributed by atoms with Crippen LogP contribution in [0.1, 0.15) is 62.5 Å². The molecule has 0 aliphatic rings. The first kappa shape index (κ1) is 23.6. The zero-order chi connectivity index (χ0) is 22.3. The minimum Gasteiger partial charge on any atom is -0.478 e. The number of ether oxygens (including phenoxy) is 1. The van der Waals surface area contributed by atoms with Crippen molar-refractivity contribution in [1.82, 2.24) is 4.98 Å². The Bertz CT molecular complexity index is 1050. The number of carboxylic acid groups (broad SMARTS) is 1. The Morgan fingerprint density at radius 3 is 2.53 bits per heavy atom. The highest BCUT2D eigenvalue weighted by Gasteiger charge is 2.07. The van der Waals surface area contributed by atoms with E-state index < -0.39 is 5.97 Å². The maximum atomic E-state index is 11.2. The predicted molar refractivity (Wildman–Crippen MR) is 123 cm³/mol. The molecule has 1 N–H and O–H groups in total. The van der Waals surface area contributed by atoms with Gasteiger partial charge in [-0.15, -0.1) is 0 Å². The summed E-state index contributed by atoms with van der Waals surface area (Å²) in [4.78, 5) is 15.3. The number of aromatic nitrogens is 1. The van der Waals surface area contributed by atoms with Crippen LogP contribution in [0.3, 0.4) is 0 Å². The Labute approximate surface area is 179 Å². The number of rotatable bonds is 8. The van der Waals surface area contributed by atoms with Gasteiger partial charge in [0, 0.05) is 19.5 Å². The van der Waals surface area contributed by atoms with E-state index in [1.54, 1.807) is 19.4 Å². The number of hydrogen-bond donors (Lipinski definition) is 1. The first-order valence-corrected chi connectivity index (χ1v) is 10.4. The fourth-order valence-corrected chi connectivity index (χ4v) is 3.49. The molecule has 0 radical (unpaired) electrons. The standard InChI is InChI=1S/C26H33NO3/c1-7-17(2)25-9-8-21(11-22-13-24(26(28)29)15-27-14-22)12-23(25)10-18(3)20(5)19(4)16-30-6/h8-10,12-15,18H,7,11,16H2,1-6H3,(H,28,29). The van der Waals surface area contributed by atoms with E-state index in [2.05, 4.69) is 63.9 Å². The summed E-state index contributed by atoms with van der Waals surface area (Å²) in [6, 6.07) is 8.22. The van der Waals surface area contributed by atoms with Gasteiger partial charge in [-0.05, 0) is 72.7 Å². The number of benzene rings is 1. The average molecular weight is 408 g/mol. The summed E-state index contributed by atoms with van der Waals surface area (Å²) in [5.41, 5.74) is 6.18. The van der Waals surface area contributed by atoms with Crippen molar-refractivity contribution in [2.45, 2.75) is 47.5 Å². The highest BCUT2D eigenvalue weighted by atomic mass is 16.5. The van der Waals surface area contributed by atoms with Crippen LogP contribution >= 0.6 is 0 Å². The fraction of sp³-hybridized carbons (Fsp3) is 0.385. The van der Waals surface area contributed by atoms with Gasteiger partial charge in [0.25, 0.3) is 0 Å². The molecular formula is C26H33NO3. The third kappa shape index (κ3) is 6.14. The molecule has 0 aliphatic carbocycles. The van der Waals surface area contributed by atoms with Crippen molar-refractivity contribution in [2.75, 3.05) is 13.7 Å². The third-order valence-electron chi connectivity index (χ3n) is 5.70. The topological polar surface area (TPSA) is 59.4 Å². The van der Waals surface area contributed by atoms with E-state index in [9.17, 15) is 9.90 Å². The maximum absolute atomic E-state index is 11.2.